The first-order valence-corrected chi connectivity index (χ1v) is 7.88. The van der Waals surface area contributed by atoms with Crippen molar-refractivity contribution in [1.29, 1.82) is 0 Å². The van der Waals surface area contributed by atoms with Crippen LogP contribution in [0.2, 0.25) is 0 Å². The molecule has 1 heterocycles. The van der Waals surface area contributed by atoms with Crippen molar-refractivity contribution in [2.24, 2.45) is 5.92 Å². The van der Waals surface area contributed by atoms with Gasteiger partial charge in [0.1, 0.15) is 10.7 Å². The molecule has 0 saturated heterocycles. The van der Waals surface area contributed by atoms with Crippen molar-refractivity contribution in [1.82, 2.24) is 10.3 Å². The molecule has 0 aliphatic heterocycles. The molecule has 0 bridgehead atoms. The number of nitrogens with two attached hydrogens (primary N) is 1. The second kappa shape index (κ2) is 7.58. The van der Waals surface area contributed by atoms with Crippen LogP contribution in [-0.4, -0.2) is 48.9 Å². The van der Waals surface area contributed by atoms with E-state index in [1.54, 1.807) is 7.11 Å². The van der Waals surface area contributed by atoms with E-state index >= 15 is 0 Å². The van der Waals surface area contributed by atoms with Crippen LogP contribution in [0.25, 0.3) is 0 Å². The van der Waals surface area contributed by atoms with E-state index in [1.165, 1.54) is 11.3 Å². The number of carbonyl (C=O) groups excluding carboxylic acids is 1. The summed E-state index contributed by atoms with van der Waals surface area (Å²) in [7, 11) is 1.62. The lowest BCUT2D eigenvalue weighted by molar-refractivity contribution is 0.0921. The number of methoxy groups -OCH3 is 1. The van der Waals surface area contributed by atoms with Crippen molar-refractivity contribution in [3.63, 3.8) is 0 Å². The quantitative estimate of drug-likeness (QED) is 0.551. The fraction of sp³-hybridized carbons (Fsp3) is 0.692. The van der Waals surface area contributed by atoms with Gasteiger partial charge in [-0.1, -0.05) is 17.8 Å². The number of rotatable bonds is 7. The van der Waals surface area contributed by atoms with Crippen molar-refractivity contribution >= 4 is 28.2 Å². The van der Waals surface area contributed by atoms with Crippen LogP contribution in [0, 0.1) is 5.92 Å². The molecule has 2 unspecified atom stereocenters. The molecule has 1 aliphatic carbocycles. The smallest absolute Gasteiger partial charge is 0.265 e. The molecule has 7 nitrogen and oxygen atoms in total. The maximum absolute atomic E-state index is 12.3. The Morgan fingerprint density at radius 2 is 2.38 bits per heavy atom. The van der Waals surface area contributed by atoms with Crippen LogP contribution in [0.4, 0.5) is 10.9 Å². The van der Waals surface area contributed by atoms with Crippen LogP contribution in [0.15, 0.2) is 0 Å². The van der Waals surface area contributed by atoms with Crippen LogP contribution in [0.3, 0.4) is 0 Å². The Balaban J connectivity index is 1.95. The van der Waals surface area contributed by atoms with Crippen molar-refractivity contribution in [3.8, 4) is 0 Å². The normalized spacial score (nSPS) is 21.4. The van der Waals surface area contributed by atoms with Crippen LogP contribution < -0.4 is 16.4 Å². The number of hydrogen-bond donors (Lipinski definition) is 4. The number of ether oxygens (including phenoxy) is 1. The summed E-state index contributed by atoms with van der Waals surface area (Å²) in [5.41, 5.74) is 5.81. The van der Waals surface area contributed by atoms with E-state index in [4.69, 9.17) is 10.5 Å². The van der Waals surface area contributed by atoms with Gasteiger partial charge in [0, 0.05) is 32.2 Å². The molecule has 2 rings (SSSR count). The third-order valence-electron chi connectivity index (χ3n) is 3.65. The molecule has 1 aromatic rings. The van der Waals surface area contributed by atoms with Gasteiger partial charge in [-0.15, -0.1) is 0 Å². The highest BCUT2D eigenvalue weighted by molar-refractivity contribution is 7.18. The molecule has 0 spiro atoms. The number of aliphatic hydroxyl groups is 1. The van der Waals surface area contributed by atoms with Gasteiger partial charge in [-0.3, -0.25) is 4.79 Å². The Kier molecular flexibility index (Phi) is 5.77. The Labute approximate surface area is 127 Å². The Morgan fingerprint density at radius 3 is 3.10 bits per heavy atom. The minimum absolute atomic E-state index is 0.0221. The average molecular weight is 314 g/mol. The molecular formula is C13H22N4O3S. The first kappa shape index (κ1) is 16.0. The summed E-state index contributed by atoms with van der Waals surface area (Å²) in [5, 5.41) is 15.9. The summed E-state index contributed by atoms with van der Waals surface area (Å²) in [5.74, 6) is 0.161. The number of amides is 1. The predicted octanol–water partition coefficient (Wildman–Crippen LogP) is 0.674. The lowest BCUT2D eigenvalue weighted by Gasteiger charge is -2.18. The van der Waals surface area contributed by atoms with Gasteiger partial charge in [0.15, 0.2) is 5.13 Å². The van der Waals surface area contributed by atoms with E-state index in [0.717, 1.165) is 19.3 Å². The molecule has 0 aromatic carbocycles. The molecule has 5 N–H and O–H groups in total. The topological polar surface area (TPSA) is 110 Å². The number of aromatic nitrogens is 1. The van der Waals surface area contributed by atoms with Gasteiger partial charge in [0.25, 0.3) is 5.91 Å². The molecule has 1 aliphatic rings. The van der Waals surface area contributed by atoms with Crippen molar-refractivity contribution in [2.75, 3.05) is 37.9 Å². The highest BCUT2D eigenvalue weighted by Crippen LogP contribution is 2.28. The fourth-order valence-electron chi connectivity index (χ4n) is 2.51. The van der Waals surface area contributed by atoms with Crippen molar-refractivity contribution in [2.45, 2.75) is 25.3 Å². The molecule has 8 heteroatoms. The second-order valence-corrected chi connectivity index (χ2v) is 6.11. The van der Waals surface area contributed by atoms with Gasteiger partial charge < -0.3 is 26.2 Å². The molecule has 2 atom stereocenters. The standard InChI is InChI=1S/C13H22N4O3S/c1-20-6-5-15-13-17-11(14)10(21-13)12(19)16-9-4-2-3-8(9)7-18/h8-9,18H,2-7,14H2,1H3,(H,15,17)(H,16,19). The lowest BCUT2D eigenvalue weighted by atomic mass is 10.1. The molecule has 0 radical (unpaired) electrons. The number of nitrogen functional groups attached to an aromatic ring is 1. The number of anilines is 2. The first-order chi connectivity index (χ1) is 10.2. The number of carbonyl (C=O) groups is 1. The summed E-state index contributed by atoms with van der Waals surface area (Å²) in [4.78, 5) is 16.8. The Bertz CT molecular complexity index is 480. The van der Waals surface area contributed by atoms with Gasteiger partial charge in [-0.05, 0) is 12.8 Å². The van der Waals surface area contributed by atoms with Gasteiger partial charge >= 0.3 is 0 Å². The molecule has 118 valence electrons. The fourth-order valence-corrected chi connectivity index (χ4v) is 3.32. The van der Waals surface area contributed by atoms with E-state index in [-0.39, 0.29) is 30.3 Å². The zero-order valence-electron chi connectivity index (χ0n) is 12.1. The summed E-state index contributed by atoms with van der Waals surface area (Å²) in [6.45, 7) is 1.27. The number of hydrogen-bond acceptors (Lipinski definition) is 7. The zero-order valence-corrected chi connectivity index (χ0v) is 12.9. The van der Waals surface area contributed by atoms with E-state index in [2.05, 4.69) is 15.6 Å². The van der Waals surface area contributed by atoms with Gasteiger partial charge in [-0.2, -0.15) is 0 Å². The third kappa shape index (κ3) is 4.05. The van der Waals surface area contributed by atoms with E-state index in [9.17, 15) is 9.90 Å². The van der Waals surface area contributed by atoms with Crippen LogP contribution in [0.5, 0.6) is 0 Å². The van der Waals surface area contributed by atoms with Crippen LogP contribution in [0.1, 0.15) is 28.9 Å². The number of thiazole rings is 1. The van der Waals surface area contributed by atoms with Crippen molar-refractivity contribution in [3.05, 3.63) is 4.88 Å². The predicted molar refractivity (Wildman–Crippen MR) is 82.6 cm³/mol. The lowest BCUT2D eigenvalue weighted by Crippen LogP contribution is -2.38. The van der Waals surface area contributed by atoms with Crippen LogP contribution >= 0.6 is 11.3 Å². The highest BCUT2D eigenvalue weighted by Gasteiger charge is 2.29. The molecular weight excluding hydrogens is 292 g/mol. The maximum Gasteiger partial charge on any atom is 0.265 e. The first-order valence-electron chi connectivity index (χ1n) is 7.06. The van der Waals surface area contributed by atoms with E-state index in [1.807, 2.05) is 0 Å². The van der Waals surface area contributed by atoms with E-state index < -0.39 is 0 Å². The SMILES string of the molecule is COCCNc1nc(N)c(C(=O)NC2CCCC2CO)s1. The monoisotopic (exact) mass is 314 g/mol. The number of aliphatic hydroxyl groups excluding tert-OH is 1. The Hall–Kier alpha value is -1.38. The minimum atomic E-state index is -0.213. The largest absolute Gasteiger partial charge is 0.396 e. The number of nitrogens with zero attached hydrogens (tertiary/aromatic N) is 1. The summed E-state index contributed by atoms with van der Waals surface area (Å²) in [6, 6.07) is 0.0221. The maximum atomic E-state index is 12.3. The minimum Gasteiger partial charge on any atom is -0.396 e. The molecule has 1 aromatic heterocycles. The highest BCUT2D eigenvalue weighted by atomic mass is 32.1. The van der Waals surface area contributed by atoms with Gasteiger partial charge in [0.2, 0.25) is 0 Å². The third-order valence-corrected chi connectivity index (χ3v) is 4.68. The molecule has 1 amide bonds. The van der Waals surface area contributed by atoms with E-state index in [0.29, 0.717) is 23.2 Å². The molecule has 1 saturated carbocycles. The Morgan fingerprint density at radius 1 is 1.57 bits per heavy atom. The molecule has 21 heavy (non-hydrogen) atoms. The van der Waals surface area contributed by atoms with Gasteiger partial charge in [-0.25, -0.2) is 4.98 Å². The molecule has 1 fully saturated rings. The summed E-state index contributed by atoms with van der Waals surface area (Å²) >= 11 is 1.23. The zero-order chi connectivity index (χ0) is 15.2. The average Bonchev–Trinajstić information content (AvgIpc) is 3.05. The summed E-state index contributed by atoms with van der Waals surface area (Å²) < 4.78 is 4.94. The number of nitrogens with one attached hydrogen (secondary N) is 2. The van der Waals surface area contributed by atoms with Crippen LogP contribution in [-0.2, 0) is 4.74 Å². The van der Waals surface area contributed by atoms with Crippen molar-refractivity contribution < 1.29 is 14.6 Å². The second-order valence-electron chi connectivity index (χ2n) is 5.11. The summed E-state index contributed by atoms with van der Waals surface area (Å²) in [6.07, 6.45) is 2.87. The van der Waals surface area contributed by atoms with Gasteiger partial charge in [0.05, 0.1) is 6.61 Å².